The van der Waals surface area contributed by atoms with E-state index in [4.69, 9.17) is 14.7 Å². The van der Waals surface area contributed by atoms with Gasteiger partial charge in [-0.3, -0.25) is 0 Å². The summed E-state index contributed by atoms with van der Waals surface area (Å²) in [4.78, 5) is 11.5. The zero-order chi connectivity index (χ0) is 27.4. The van der Waals surface area contributed by atoms with Crippen LogP contribution in [0.2, 0.25) is 0 Å². The van der Waals surface area contributed by atoms with Crippen LogP contribution in [-0.2, 0) is 12.7 Å². The second kappa shape index (κ2) is 11.5. The predicted molar refractivity (Wildman–Crippen MR) is 148 cm³/mol. The molecule has 1 aliphatic rings. The van der Waals surface area contributed by atoms with Crippen LogP contribution in [0.5, 0.6) is 11.5 Å². The number of halogens is 3. The summed E-state index contributed by atoms with van der Waals surface area (Å²) in [5, 5.41) is 8.20. The first-order valence-electron chi connectivity index (χ1n) is 13.1. The zero-order valence-electron chi connectivity index (χ0n) is 22.0. The Morgan fingerprint density at radius 2 is 1.54 bits per heavy atom. The van der Waals surface area contributed by atoms with Gasteiger partial charge in [-0.15, -0.1) is 0 Å². The first-order valence-corrected chi connectivity index (χ1v) is 13.1. The average Bonchev–Trinajstić information content (AvgIpc) is 2.92. The van der Waals surface area contributed by atoms with Crippen molar-refractivity contribution in [2.24, 2.45) is 0 Å². The zero-order valence-corrected chi connectivity index (χ0v) is 22.0. The molecule has 1 aliphatic carbocycles. The molecule has 1 fully saturated rings. The lowest BCUT2D eigenvalue weighted by molar-refractivity contribution is -0.137. The van der Waals surface area contributed by atoms with Crippen LogP contribution in [0.3, 0.4) is 0 Å². The van der Waals surface area contributed by atoms with Gasteiger partial charge in [0.05, 0.1) is 11.1 Å². The number of hydrogen-bond donors (Lipinski definition) is 2. The number of hydrogen-bond acceptors (Lipinski definition) is 6. The van der Waals surface area contributed by atoms with Crippen molar-refractivity contribution in [2.45, 2.75) is 50.5 Å². The number of rotatable bonds is 8. The minimum absolute atomic E-state index is 0.161. The van der Waals surface area contributed by atoms with Crippen molar-refractivity contribution in [1.29, 1.82) is 0 Å². The molecule has 204 valence electrons. The van der Waals surface area contributed by atoms with Gasteiger partial charge < -0.3 is 20.3 Å². The first-order chi connectivity index (χ1) is 18.7. The number of benzene rings is 3. The average molecular weight is 536 g/mol. The third kappa shape index (κ3) is 6.78. The first kappa shape index (κ1) is 26.7. The fourth-order valence-electron chi connectivity index (χ4n) is 4.94. The molecule has 0 saturated heterocycles. The Bertz CT molecular complexity index is 1420. The highest BCUT2D eigenvalue weighted by Gasteiger charge is 2.30. The molecule has 6 nitrogen and oxygen atoms in total. The van der Waals surface area contributed by atoms with Gasteiger partial charge in [0.2, 0.25) is 5.95 Å². The van der Waals surface area contributed by atoms with E-state index >= 15 is 0 Å². The van der Waals surface area contributed by atoms with Gasteiger partial charge in [0.15, 0.2) is 0 Å². The number of anilines is 2. The number of nitrogens with zero attached hydrogens (tertiary/aromatic N) is 3. The Hall–Kier alpha value is -3.85. The largest absolute Gasteiger partial charge is 0.457 e. The molecule has 39 heavy (non-hydrogen) atoms. The number of aromatic nitrogens is 2. The van der Waals surface area contributed by atoms with Crippen molar-refractivity contribution in [3.05, 3.63) is 83.9 Å². The number of ether oxygens (including phenoxy) is 1. The molecule has 9 heteroatoms. The van der Waals surface area contributed by atoms with Crippen molar-refractivity contribution in [3.8, 4) is 11.5 Å². The molecule has 5 rings (SSSR count). The van der Waals surface area contributed by atoms with E-state index in [0.717, 1.165) is 60.1 Å². The summed E-state index contributed by atoms with van der Waals surface area (Å²) in [7, 11) is 3.98. The molecule has 1 aromatic heterocycles. The SMILES string of the molecule is CN(C)c1nc(NC2CCC(NCc3cccc(Oc4cccc(C(F)(F)F)c4)c3)CC2)nc2ccccc12. The summed E-state index contributed by atoms with van der Waals surface area (Å²) < 4.78 is 44.7. The summed E-state index contributed by atoms with van der Waals surface area (Å²) >= 11 is 0. The van der Waals surface area contributed by atoms with E-state index in [1.807, 2.05) is 61.5 Å². The second-order valence-electron chi connectivity index (χ2n) is 10.1. The highest BCUT2D eigenvalue weighted by Crippen LogP contribution is 2.33. The van der Waals surface area contributed by atoms with Gasteiger partial charge in [-0.05, 0) is 73.7 Å². The van der Waals surface area contributed by atoms with Crippen LogP contribution in [-0.4, -0.2) is 36.1 Å². The molecule has 4 aromatic rings. The van der Waals surface area contributed by atoms with Crippen molar-refractivity contribution >= 4 is 22.7 Å². The summed E-state index contributed by atoms with van der Waals surface area (Å²) in [5.41, 5.74) is 1.21. The van der Waals surface area contributed by atoms with Crippen LogP contribution in [0.25, 0.3) is 10.9 Å². The Morgan fingerprint density at radius 3 is 2.28 bits per heavy atom. The number of nitrogens with one attached hydrogen (secondary N) is 2. The molecule has 0 aliphatic heterocycles. The van der Waals surface area contributed by atoms with Crippen LogP contribution in [0.4, 0.5) is 24.9 Å². The van der Waals surface area contributed by atoms with Crippen LogP contribution in [0.15, 0.2) is 72.8 Å². The smallest absolute Gasteiger partial charge is 0.416 e. The maximum Gasteiger partial charge on any atom is 0.416 e. The third-order valence-electron chi connectivity index (χ3n) is 6.96. The third-order valence-corrected chi connectivity index (χ3v) is 6.96. The standard InChI is InChI=1S/C30H32F3N5O/c1-38(2)28-26-11-3-4-12-27(26)36-29(37-28)35-23-15-13-22(14-16-23)34-19-20-7-5-9-24(17-20)39-25-10-6-8-21(18-25)30(31,32)33/h3-12,17-18,22-23,34H,13-16,19H2,1-2H3,(H,35,36,37). The Kier molecular flexibility index (Phi) is 7.88. The molecule has 1 saturated carbocycles. The fraction of sp³-hybridized carbons (Fsp3) is 0.333. The summed E-state index contributed by atoms with van der Waals surface area (Å²) in [6.45, 7) is 0.655. The molecule has 0 bridgehead atoms. The molecular formula is C30H32F3N5O. The lowest BCUT2D eigenvalue weighted by Gasteiger charge is -2.30. The van der Waals surface area contributed by atoms with Crippen molar-refractivity contribution < 1.29 is 17.9 Å². The van der Waals surface area contributed by atoms with E-state index in [0.29, 0.717) is 30.3 Å². The van der Waals surface area contributed by atoms with E-state index in [1.165, 1.54) is 12.1 Å². The normalized spacial score (nSPS) is 17.7. The molecule has 1 heterocycles. The molecule has 0 atom stereocenters. The van der Waals surface area contributed by atoms with Crippen LogP contribution in [0.1, 0.15) is 36.8 Å². The predicted octanol–water partition coefficient (Wildman–Crippen LogP) is 7.02. The van der Waals surface area contributed by atoms with E-state index in [1.54, 1.807) is 6.07 Å². The number of fused-ring (bicyclic) bond motifs is 1. The molecular weight excluding hydrogens is 503 g/mol. The Morgan fingerprint density at radius 1 is 0.846 bits per heavy atom. The van der Waals surface area contributed by atoms with Gasteiger partial charge in [0.1, 0.15) is 17.3 Å². The number of alkyl halides is 3. The van der Waals surface area contributed by atoms with Gasteiger partial charge in [0, 0.05) is 38.1 Å². The van der Waals surface area contributed by atoms with E-state index in [2.05, 4.69) is 10.6 Å². The molecule has 0 amide bonds. The summed E-state index contributed by atoms with van der Waals surface area (Å²) in [6.07, 6.45) is -0.358. The minimum Gasteiger partial charge on any atom is -0.457 e. The van der Waals surface area contributed by atoms with Gasteiger partial charge >= 0.3 is 6.18 Å². The molecule has 0 spiro atoms. The van der Waals surface area contributed by atoms with Crippen molar-refractivity contribution in [2.75, 3.05) is 24.3 Å². The van der Waals surface area contributed by atoms with E-state index in [9.17, 15) is 13.2 Å². The van der Waals surface area contributed by atoms with Crippen LogP contribution < -0.4 is 20.3 Å². The molecule has 2 N–H and O–H groups in total. The lowest BCUT2D eigenvalue weighted by Crippen LogP contribution is -2.37. The van der Waals surface area contributed by atoms with E-state index < -0.39 is 11.7 Å². The lowest BCUT2D eigenvalue weighted by atomic mass is 9.91. The summed E-state index contributed by atoms with van der Waals surface area (Å²) in [5.74, 6) is 2.23. The minimum atomic E-state index is -4.41. The highest BCUT2D eigenvalue weighted by molar-refractivity contribution is 5.90. The summed E-state index contributed by atoms with van der Waals surface area (Å²) in [6, 6.07) is 21.1. The monoisotopic (exact) mass is 535 g/mol. The van der Waals surface area contributed by atoms with Crippen molar-refractivity contribution in [1.82, 2.24) is 15.3 Å². The quantitative estimate of drug-likeness (QED) is 0.253. The second-order valence-corrected chi connectivity index (χ2v) is 10.1. The molecule has 0 radical (unpaired) electrons. The van der Waals surface area contributed by atoms with Gasteiger partial charge in [-0.2, -0.15) is 18.2 Å². The Labute approximate surface area is 226 Å². The number of para-hydroxylation sites is 1. The van der Waals surface area contributed by atoms with Gasteiger partial charge in [-0.1, -0.05) is 30.3 Å². The fourth-order valence-corrected chi connectivity index (χ4v) is 4.94. The Balaban J connectivity index is 1.13. The maximum atomic E-state index is 13.0. The maximum absolute atomic E-state index is 13.0. The topological polar surface area (TPSA) is 62.3 Å². The van der Waals surface area contributed by atoms with E-state index in [-0.39, 0.29) is 5.75 Å². The molecule has 3 aromatic carbocycles. The van der Waals surface area contributed by atoms with Gasteiger partial charge in [0.25, 0.3) is 0 Å². The van der Waals surface area contributed by atoms with Crippen LogP contribution >= 0.6 is 0 Å². The van der Waals surface area contributed by atoms with Gasteiger partial charge in [-0.25, -0.2) is 4.98 Å². The van der Waals surface area contributed by atoms with Crippen molar-refractivity contribution in [3.63, 3.8) is 0 Å². The molecule has 0 unspecified atom stereocenters. The van der Waals surface area contributed by atoms with Crippen LogP contribution in [0, 0.1) is 0 Å². The highest BCUT2D eigenvalue weighted by atomic mass is 19.4.